The highest BCUT2D eigenvalue weighted by atomic mass is 32.1. The first-order valence-corrected chi connectivity index (χ1v) is 11.9. The smallest absolute Gasteiger partial charge is 0.346 e. The number of thiophene rings is 1. The molecule has 3 rings (SSSR count). The molecule has 0 radical (unpaired) electrons. The van der Waals surface area contributed by atoms with Crippen LogP contribution in [0.4, 0.5) is 0 Å². The van der Waals surface area contributed by atoms with Gasteiger partial charge in [0.25, 0.3) is 0 Å². The number of hydrogen-bond acceptors (Lipinski definition) is 4. The summed E-state index contributed by atoms with van der Waals surface area (Å²) in [5.41, 5.74) is 1.05. The van der Waals surface area contributed by atoms with Gasteiger partial charge in [0.05, 0.1) is 18.1 Å². The van der Waals surface area contributed by atoms with Gasteiger partial charge in [-0.15, -0.1) is 11.3 Å². The zero-order chi connectivity index (χ0) is 20.9. The lowest BCUT2D eigenvalue weighted by Crippen LogP contribution is -2.40. The third-order valence-corrected chi connectivity index (χ3v) is 8.41. The molecule has 2 saturated carbocycles. The van der Waals surface area contributed by atoms with Crippen LogP contribution in [0.2, 0.25) is 0 Å². The van der Waals surface area contributed by atoms with Gasteiger partial charge in [-0.05, 0) is 92.0 Å². The number of hydrogen-bond donors (Lipinski definition) is 2. The number of rotatable bonds is 10. The first-order valence-electron chi connectivity index (χ1n) is 11.0. The average molecular weight is 416 g/mol. The van der Waals surface area contributed by atoms with Gasteiger partial charge in [-0.25, -0.2) is 4.79 Å². The zero-order valence-electron chi connectivity index (χ0n) is 17.3. The topological polar surface area (TPSA) is 81.3 Å². The van der Waals surface area contributed by atoms with Crippen LogP contribution in [0.25, 0.3) is 0 Å². The summed E-state index contributed by atoms with van der Waals surface area (Å²) in [6, 6.07) is 4.40. The lowest BCUT2D eigenvalue weighted by atomic mass is 9.63. The van der Waals surface area contributed by atoms with E-state index in [9.17, 15) is 20.3 Å². The molecule has 0 saturated heterocycles. The molecule has 29 heavy (non-hydrogen) atoms. The van der Waals surface area contributed by atoms with Gasteiger partial charge in [0.2, 0.25) is 0 Å². The van der Waals surface area contributed by atoms with Crippen LogP contribution in [0.15, 0.2) is 23.6 Å². The van der Waals surface area contributed by atoms with Crippen molar-refractivity contribution in [1.82, 2.24) is 0 Å². The third-order valence-electron chi connectivity index (χ3n) is 7.46. The summed E-state index contributed by atoms with van der Waals surface area (Å²) in [5.74, 6) is -0.0413. The number of aliphatic hydroxyl groups excluding tert-OH is 1. The molecular weight excluding hydrogens is 382 g/mol. The molecule has 0 aliphatic heterocycles. The SMILES string of the molecule is CCC1(C(O)C/C=C/[C@@H]2[C@@H](CCCc3ccsc3C(=O)O)CC[C@H]2C#N)CCC1. The Balaban J connectivity index is 1.53. The summed E-state index contributed by atoms with van der Waals surface area (Å²) in [7, 11) is 0. The van der Waals surface area contributed by atoms with Crippen molar-refractivity contribution >= 4 is 17.3 Å². The highest BCUT2D eigenvalue weighted by Crippen LogP contribution is 2.48. The number of aromatic carboxylic acids is 1. The molecule has 4 atom stereocenters. The third kappa shape index (κ3) is 4.92. The standard InChI is InChI=1S/C24H33NO3S/c1-2-24(13-5-14-24)21(26)9-4-8-20-17(10-11-19(20)16-25)6-3-7-18-12-15-29-22(18)23(27)28/h4,8,12,15,17,19-21,26H,2-3,5-7,9-11,13-14H2,1H3,(H,27,28)/b8-4+/t17-,19-,20+,21?/m0/s1. The second-order valence-corrected chi connectivity index (χ2v) is 9.79. The summed E-state index contributed by atoms with van der Waals surface area (Å²) in [6.07, 6.45) is 14.0. The van der Waals surface area contributed by atoms with Crippen LogP contribution in [0, 0.1) is 34.5 Å². The largest absolute Gasteiger partial charge is 0.477 e. The van der Waals surface area contributed by atoms with E-state index in [4.69, 9.17) is 0 Å². The molecule has 1 aromatic rings. The Hall–Kier alpha value is -1.64. The number of allylic oxidation sites excluding steroid dienone is 1. The molecule has 0 bridgehead atoms. The molecule has 2 aliphatic carbocycles. The van der Waals surface area contributed by atoms with Gasteiger partial charge in [0, 0.05) is 0 Å². The van der Waals surface area contributed by atoms with Crippen LogP contribution in [0.5, 0.6) is 0 Å². The molecule has 2 fully saturated rings. The fourth-order valence-corrected chi connectivity index (χ4v) is 6.12. The van der Waals surface area contributed by atoms with E-state index in [2.05, 4.69) is 25.1 Å². The Morgan fingerprint density at radius 2 is 2.24 bits per heavy atom. The van der Waals surface area contributed by atoms with Crippen molar-refractivity contribution in [3.8, 4) is 6.07 Å². The van der Waals surface area contributed by atoms with Crippen LogP contribution < -0.4 is 0 Å². The molecule has 0 aromatic carbocycles. The summed E-state index contributed by atoms with van der Waals surface area (Å²) >= 11 is 1.29. The minimum atomic E-state index is -0.837. The van der Waals surface area contributed by atoms with Crippen LogP contribution in [-0.2, 0) is 6.42 Å². The summed E-state index contributed by atoms with van der Waals surface area (Å²) in [6.45, 7) is 2.17. The first kappa shape index (κ1) is 22.1. The molecule has 4 nitrogen and oxygen atoms in total. The number of aryl methyl sites for hydroxylation is 1. The van der Waals surface area contributed by atoms with E-state index >= 15 is 0 Å². The van der Waals surface area contributed by atoms with Gasteiger partial charge < -0.3 is 10.2 Å². The Morgan fingerprint density at radius 3 is 2.86 bits per heavy atom. The Labute approximate surface area is 178 Å². The summed E-state index contributed by atoms with van der Waals surface area (Å²) in [5, 5.41) is 31.3. The van der Waals surface area contributed by atoms with E-state index in [1.54, 1.807) is 0 Å². The fraction of sp³-hybridized carbons (Fsp3) is 0.667. The molecule has 0 amide bonds. The summed E-state index contributed by atoms with van der Waals surface area (Å²) < 4.78 is 0. The van der Waals surface area contributed by atoms with Crippen molar-refractivity contribution < 1.29 is 15.0 Å². The van der Waals surface area contributed by atoms with Crippen molar-refractivity contribution in [2.45, 2.75) is 77.2 Å². The molecule has 0 spiro atoms. The number of carboxylic acid groups (broad SMARTS) is 1. The normalized spacial score (nSPS) is 26.9. The minimum absolute atomic E-state index is 0.0629. The second kappa shape index (κ2) is 9.91. The zero-order valence-corrected chi connectivity index (χ0v) is 18.2. The van der Waals surface area contributed by atoms with Gasteiger partial charge in [-0.1, -0.05) is 25.5 Å². The molecule has 158 valence electrons. The first-order chi connectivity index (χ1) is 14.0. The number of carboxylic acids is 1. The van der Waals surface area contributed by atoms with E-state index in [0.717, 1.165) is 56.9 Å². The number of nitriles is 1. The number of aliphatic hydroxyl groups is 1. The average Bonchev–Trinajstić information content (AvgIpc) is 3.28. The van der Waals surface area contributed by atoms with Crippen molar-refractivity contribution in [3.63, 3.8) is 0 Å². The Kier molecular flexibility index (Phi) is 7.54. The molecule has 1 aromatic heterocycles. The number of carbonyl (C=O) groups is 1. The lowest BCUT2D eigenvalue weighted by Gasteiger charge is -2.45. The molecular formula is C24H33NO3S. The molecule has 2 N–H and O–H groups in total. The lowest BCUT2D eigenvalue weighted by molar-refractivity contribution is -0.0355. The van der Waals surface area contributed by atoms with Crippen molar-refractivity contribution in [2.24, 2.45) is 23.2 Å². The second-order valence-electron chi connectivity index (χ2n) is 8.87. The number of nitrogens with zero attached hydrogens (tertiary/aromatic N) is 1. The fourth-order valence-electron chi connectivity index (χ4n) is 5.33. The van der Waals surface area contributed by atoms with Gasteiger partial charge >= 0.3 is 5.97 Å². The van der Waals surface area contributed by atoms with E-state index in [0.29, 0.717) is 17.2 Å². The van der Waals surface area contributed by atoms with Gasteiger partial charge in [-0.2, -0.15) is 5.26 Å². The molecule has 1 unspecified atom stereocenters. The quantitative estimate of drug-likeness (QED) is 0.472. The summed E-state index contributed by atoms with van der Waals surface area (Å²) in [4.78, 5) is 11.7. The Morgan fingerprint density at radius 1 is 1.45 bits per heavy atom. The van der Waals surface area contributed by atoms with Crippen LogP contribution in [-0.4, -0.2) is 22.3 Å². The maximum absolute atomic E-state index is 11.3. The molecule has 1 heterocycles. The molecule has 2 aliphatic rings. The predicted octanol–water partition coefficient (Wildman–Crippen LogP) is 5.82. The highest BCUT2D eigenvalue weighted by Gasteiger charge is 2.41. The monoisotopic (exact) mass is 415 g/mol. The van der Waals surface area contributed by atoms with Crippen molar-refractivity contribution in [3.05, 3.63) is 34.0 Å². The van der Waals surface area contributed by atoms with Crippen LogP contribution in [0.3, 0.4) is 0 Å². The van der Waals surface area contributed by atoms with E-state index in [-0.39, 0.29) is 23.4 Å². The maximum Gasteiger partial charge on any atom is 0.346 e. The predicted molar refractivity (Wildman–Crippen MR) is 116 cm³/mol. The van der Waals surface area contributed by atoms with Gasteiger partial charge in [-0.3, -0.25) is 0 Å². The highest BCUT2D eigenvalue weighted by molar-refractivity contribution is 7.12. The van der Waals surface area contributed by atoms with Gasteiger partial charge in [0.15, 0.2) is 0 Å². The minimum Gasteiger partial charge on any atom is -0.477 e. The van der Waals surface area contributed by atoms with Crippen LogP contribution >= 0.6 is 11.3 Å². The Bertz CT molecular complexity index is 753. The van der Waals surface area contributed by atoms with Crippen molar-refractivity contribution in [1.29, 1.82) is 5.26 Å². The molecule has 5 heteroatoms. The van der Waals surface area contributed by atoms with Gasteiger partial charge in [0.1, 0.15) is 4.88 Å². The van der Waals surface area contributed by atoms with Crippen LogP contribution in [0.1, 0.15) is 79.9 Å². The van der Waals surface area contributed by atoms with E-state index in [1.165, 1.54) is 17.8 Å². The van der Waals surface area contributed by atoms with E-state index in [1.807, 2.05) is 11.4 Å². The maximum atomic E-state index is 11.3. The van der Waals surface area contributed by atoms with E-state index < -0.39 is 5.97 Å². The van der Waals surface area contributed by atoms with Crippen molar-refractivity contribution in [2.75, 3.05) is 0 Å².